The number of piperidine rings is 1. The minimum absolute atomic E-state index is 0.147. The quantitative estimate of drug-likeness (QED) is 0.622. The number of anilines is 1. The number of benzene rings is 1. The van der Waals surface area contributed by atoms with E-state index in [2.05, 4.69) is 45.9 Å². The van der Waals surface area contributed by atoms with E-state index in [1.165, 1.54) is 38.0 Å². The van der Waals surface area contributed by atoms with Crippen LogP contribution < -0.4 is 9.64 Å². The molecule has 0 N–H and O–H groups in total. The molecule has 0 saturated carbocycles. The normalized spacial score (nSPS) is 23.7. The Hall–Kier alpha value is -1.79. The van der Waals surface area contributed by atoms with Gasteiger partial charge in [-0.3, -0.25) is 4.79 Å². The number of carbonyl (C=O) groups excluding carboxylic acids is 1. The number of piperazine rings is 1. The zero-order valence-electron chi connectivity index (χ0n) is 19.1. The van der Waals surface area contributed by atoms with Crippen LogP contribution in [0.1, 0.15) is 45.4 Å². The predicted octanol–water partition coefficient (Wildman–Crippen LogP) is 3.41. The third-order valence-corrected chi connectivity index (χ3v) is 7.02. The van der Waals surface area contributed by atoms with E-state index in [0.29, 0.717) is 5.91 Å². The van der Waals surface area contributed by atoms with Crippen LogP contribution in [0.25, 0.3) is 0 Å². The molecule has 0 bridgehead atoms. The average Bonchev–Trinajstić information content (AvgIpc) is 2.83. The summed E-state index contributed by atoms with van der Waals surface area (Å²) in [6.07, 6.45) is 6.90. The summed E-state index contributed by atoms with van der Waals surface area (Å²) < 4.78 is 11.4. The highest BCUT2D eigenvalue weighted by Gasteiger charge is 2.32. The second-order valence-corrected chi connectivity index (χ2v) is 9.31. The second kappa shape index (κ2) is 11.2. The number of amides is 1. The highest BCUT2D eigenvalue weighted by Crippen LogP contribution is 2.25. The first-order valence-corrected chi connectivity index (χ1v) is 12.3. The molecule has 1 aromatic rings. The van der Waals surface area contributed by atoms with Gasteiger partial charge in [-0.15, -0.1) is 0 Å². The van der Waals surface area contributed by atoms with Crippen LogP contribution in [0.3, 0.4) is 0 Å². The number of likely N-dealkylation sites (tertiary alicyclic amines) is 1. The molecule has 1 aromatic carbocycles. The van der Waals surface area contributed by atoms with Crippen LogP contribution in [0.2, 0.25) is 0 Å². The largest absolute Gasteiger partial charge is 0.494 e. The van der Waals surface area contributed by atoms with Gasteiger partial charge in [-0.2, -0.15) is 0 Å². The SMILES string of the molecule is C[C@H]1CN(c2ccc(OCCCN3CCCCC3)cc2)CCN1C(=O)C1CCOCC1. The molecule has 1 amide bonds. The predicted molar refractivity (Wildman–Crippen MR) is 124 cm³/mol. The van der Waals surface area contributed by atoms with E-state index in [0.717, 1.165) is 71.0 Å². The van der Waals surface area contributed by atoms with Crippen molar-refractivity contribution >= 4 is 11.6 Å². The fourth-order valence-corrected chi connectivity index (χ4v) is 5.11. The molecular formula is C25H39N3O3. The summed E-state index contributed by atoms with van der Waals surface area (Å²) in [7, 11) is 0. The molecule has 4 rings (SSSR count). The number of hydrogen-bond donors (Lipinski definition) is 0. The van der Waals surface area contributed by atoms with Crippen molar-refractivity contribution in [2.45, 2.75) is 51.5 Å². The highest BCUT2D eigenvalue weighted by atomic mass is 16.5. The lowest BCUT2D eigenvalue weighted by Crippen LogP contribution is -2.55. The second-order valence-electron chi connectivity index (χ2n) is 9.31. The highest BCUT2D eigenvalue weighted by molar-refractivity contribution is 5.79. The van der Waals surface area contributed by atoms with Crippen LogP contribution in [-0.4, -0.2) is 80.8 Å². The number of hydrogen-bond acceptors (Lipinski definition) is 5. The fraction of sp³-hybridized carbons (Fsp3) is 0.720. The molecule has 0 radical (unpaired) electrons. The van der Waals surface area contributed by atoms with E-state index in [9.17, 15) is 4.79 Å². The van der Waals surface area contributed by atoms with Crippen molar-refractivity contribution in [2.75, 3.05) is 64.0 Å². The van der Waals surface area contributed by atoms with Gasteiger partial charge < -0.3 is 24.2 Å². The zero-order valence-corrected chi connectivity index (χ0v) is 19.1. The van der Waals surface area contributed by atoms with E-state index in [1.807, 2.05) is 0 Å². The summed E-state index contributed by atoms with van der Waals surface area (Å²) in [6, 6.07) is 8.71. The number of carbonyl (C=O) groups is 1. The van der Waals surface area contributed by atoms with Gasteiger partial charge in [0.15, 0.2) is 0 Å². The van der Waals surface area contributed by atoms with Gasteiger partial charge in [0, 0.05) is 57.0 Å². The molecule has 6 nitrogen and oxygen atoms in total. The molecule has 172 valence electrons. The Bertz CT molecular complexity index is 684. The molecule has 3 aliphatic rings. The monoisotopic (exact) mass is 429 g/mol. The van der Waals surface area contributed by atoms with Gasteiger partial charge in [0.1, 0.15) is 5.75 Å². The molecule has 6 heteroatoms. The smallest absolute Gasteiger partial charge is 0.226 e. The van der Waals surface area contributed by atoms with Gasteiger partial charge in [-0.1, -0.05) is 6.42 Å². The van der Waals surface area contributed by atoms with Gasteiger partial charge in [-0.25, -0.2) is 0 Å². The van der Waals surface area contributed by atoms with Crippen molar-refractivity contribution in [3.05, 3.63) is 24.3 Å². The minimum Gasteiger partial charge on any atom is -0.494 e. The first-order chi connectivity index (χ1) is 15.2. The summed E-state index contributed by atoms with van der Waals surface area (Å²) >= 11 is 0. The first-order valence-electron chi connectivity index (χ1n) is 12.3. The topological polar surface area (TPSA) is 45.2 Å². The number of nitrogens with zero attached hydrogens (tertiary/aromatic N) is 3. The molecule has 3 fully saturated rings. The average molecular weight is 430 g/mol. The summed E-state index contributed by atoms with van der Waals surface area (Å²) in [4.78, 5) is 19.9. The van der Waals surface area contributed by atoms with E-state index in [-0.39, 0.29) is 12.0 Å². The van der Waals surface area contributed by atoms with Crippen molar-refractivity contribution < 1.29 is 14.3 Å². The number of ether oxygens (including phenoxy) is 2. The lowest BCUT2D eigenvalue weighted by Gasteiger charge is -2.42. The van der Waals surface area contributed by atoms with Crippen LogP contribution >= 0.6 is 0 Å². The van der Waals surface area contributed by atoms with Gasteiger partial charge >= 0.3 is 0 Å². The zero-order chi connectivity index (χ0) is 21.5. The van der Waals surface area contributed by atoms with Gasteiger partial charge in [0.25, 0.3) is 0 Å². The molecular weight excluding hydrogens is 390 g/mol. The van der Waals surface area contributed by atoms with Crippen LogP contribution in [-0.2, 0) is 9.53 Å². The Kier molecular flexibility index (Phi) is 8.09. The van der Waals surface area contributed by atoms with Crippen molar-refractivity contribution in [1.29, 1.82) is 0 Å². The Morgan fingerprint density at radius 2 is 1.77 bits per heavy atom. The Balaban J connectivity index is 1.20. The van der Waals surface area contributed by atoms with E-state index in [4.69, 9.17) is 9.47 Å². The summed E-state index contributed by atoms with van der Waals surface area (Å²) in [5.41, 5.74) is 1.21. The summed E-state index contributed by atoms with van der Waals surface area (Å²) in [5, 5.41) is 0. The summed E-state index contributed by atoms with van der Waals surface area (Å²) in [6.45, 7) is 10.6. The van der Waals surface area contributed by atoms with Crippen molar-refractivity contribution in [3.8, 4) is 5.75 Å². The van der Waals surface area contributed by atoms with E-state index >= 15 is 0 Å². The van der Waals surface area contributed by atoms with Crippen molar-refractivity contribution in [3.63, 3.8) is 0 Å². The molecule has 31 heavy (non-hydrogen) atoms. The van der Waals surface area contributed by atoms with E-state index < -0.39 is 0 Å². The molecule has 3 aliphatic heterocycles. The molecule has 0 unspecified atom stereocenters. The number of rotatable bonds is 7. The summed E-state index contributed by atoms with van der Waals surface area (Å²) in [5.74, 6) is 1.42. The lowest BCUT2D eigenvalue weighted by atomic mass is 9.97. The van der Waals surface area contributed by atoms with E-state index in [1.54, 1.807) is 0 Å². The maximum Gasteiger partial charge on any atom is 0.226 e. The maximum atomic E-state index is 12.9. The molecule has 0 aromatic heterocycles. The fourth-order valence-electron chi connectivity index (χ4n) is 5.11. The molecule has 1 atom stereocenters. The van der Waals surface area contributed by atoms with Crippen LogP contribution in [0.5, 0.6) is 5.75 Å². The Labute approximate surface area is 187 Å². The van der Waals surface area contributed by atoms with Crippen LogP contribution in [0.15, 0.2) is 24.3 Å². The van der Waals surface area contributed by atoms with Crippen molar-refractivity contribution in [1.82, 2.24) is 9.80 Å². The third kappa shape index (κ3) is 6.13. The van der Waals surface area contributed by atoms with Gasteiger partial charge in [0.2, 0.25) is 5.91 Å². The Morgan fingerprint density at radius 3 is 2.48 bits per heavy atom. The van der Waals surface area contributed by atoms with Crippen LogP contribution in [0, 0.1) is 5.92 Å². The van der Waals surface area contributed by atoms with Crippen LogP contribution in [0.4, 0.5) is 5.69 Å². The first kappa shape index (κ1) is 22.4. The Morgan fingerprint density at radius 1 is 1.03 bits per heavy atom. The molecule has 0 spiro atoms. The van der Waals surface area contributed by atoms with Crippen molar-refractivity contribution in [2.24, 2.45) is 5.92 Å². The molecule has 0 aliphatic carbocycles. The van der Waals surface area contributed by atoms with Gasteiger partial charge in [0.05, 0.1) is 6.61 Å². The standard InChI is InChI=1S/C25H39N3O3/c1-21-20-27(15-16-28(21)25(29)22-10-18-30-19-11-22)23-6-8-24(9-7-23)31-17-5-14-26-12-3-2-4-13-26/h6-9,21-22H,2-5,10-20H2,1H3/t21-/m0/s1. The lowest BCUT2D eigenvalue weighted by molar-refractivity contribution is -0.141. The maximum absolute atomic E-state index is 12.9. The third-order valence-electron chi connectivity index (χ3n) is 7.02. The molecule has 3 saturated heterocycles. The molecule has 3 heterocycles. The minimum atomic E-state index is 0.147. The van der Waals surface area contributed by atoms with Gasteiger partial charge in [-0.05, 0) is 76.4 Å².